The second-order valence-electron chi connectivity index (χ2n) is 6.26. The molecule has 0 aromatic heterocycles. The number of fused-ring (bicyclic) bond motifs is 1. The lowest BCUT2D eigenvalue weighted by Gasteiger charge is -2.26. The SMILES string of the molecule is CCN(CC)C(C)Oc1ccc(S(=O)(=O)C2Oc3ccccc3C2=O)cc1. The molecule has 2 atom stereocenters. The number of hydrogen-bond acceptors (Lipinski definition) is 6. The van der Waals surface area contributed by atoms with Crippen LogP contribution in [0.25, 0.3) is 0 Å². The van der Waals surface area contributed by atoms with Crippen LogP contribution < -0.4 is 9.47 Å². The van der Waals surface area contributed by atoms with Crippen LogP contribution in [0.3, 0.4) is 0 Å². The first-order valence-corrected chi connectivity index (χ1v) is 10.5. The molecule has 2 aromatic rings. The highest BCUT2D eigenvalue weighted by atomic mass is 32.2. The molecule has 144 valence electrons. The molecule has 2 aromatic carbocycles. The molecule has 0 saturated heterocycles. The average Bonchev–Trinajstić information content (AvgIpc) is 3.01. The van der Waals surface area contributed by atoms with E-state index >= 15 is 0 Å². The van der Waals surface area contributed by atoms with Crippen LogP contribution >= 0.6 is 0 Å². The van der Waals surface area contributed by atoms with Crippen LogP contribution in [0.1, 0.15) is 31.1 Å². The van der Waals surface area contributed by atoms with Crippen LogP contribution in [-0.4, -0.2) is 43.9 Å². The van der Waals surface area contributed by atoms with Gasteiger partial charge in [0.05, 0.1) is 10.5 Å². The summed E-state index contributed by atoms with van der Waals surface area (Å²) in [6, 6.07) is 12.6. The number of Topliss-reactive ketones (excluding diaryl/α,β-unsaturated/α-hetero) is 1. The van der Waals surface area contributed by atoms with Gasteiger partial charge in [-0.3, -0.25) is 9.69 Å². The first-order chi connectivity index (χ1) is 12.9. The Morgan fingerprint density at radius 2 is 1.70 bits per heavy atom. The minimum atomic E-state index is -3.96. The van der Waals surface area contributed by atoms with Crippen molar-refractivity contribution in [2.24, 2.45) is 0 Å². The van der Waals surface area contributed by atoms with Crippen molar-refractivity contribution >= 4 is 15.6 Å². The summed E-state index contributed by atoms with van der Waals surface area (Å²) in [5.41, 5.74) is -1.25. The smallest absolute Gasteiger partial charge is 0.265 e. The van der Waals surface area contributed by atoms with E-state index in [-0.39, 0.29) is 11.1 Å². The maximum absolute atomic E-state index is 12.9. The fourth-order valence-corrected chi connectivity index (χ4v) is 4.52. The van der Waals surface area contributed by atoms with Crippen molar-refractivity contribution in [3.8, 4) is 11.5 Å². The van der Waals surface area contributed by atoms with E-state index < -0.39 is 21.1 Å². The maximum atomic E-state index is 12.9. The third-order valence-electron chi connectivity index (χ3n) is 4.67. The lowest BCUT2D eigenvalue weighted by molar-refractivity contribution is 0.0480. The van der Waals surface area contributed by atoms with Crippen LogP contribution in [0.4, 0.5) is 0 Å². The Hall–Kier alpha value is -2.38. The minimum Gasteiger partial charge on any atom is -0.475 e. The quantitative estimate of drug-likeness (QED) is 0.678. The van der Waals surface area contributed by atoms with Gasteiger partial charge in [0.2, 0.25) is 15.6 Å². The number of sulfone groups is 1. The van der Waals surface area contributed by atoms with Crippen LogP contribution in [0.15, 0.2) is 53.4 Å². The fraction of sp³-hybridized carbons (Fsp3) is 0.350. The predicted octanol–water partition coefficient (Wildman–Crippen LogP) is 3.13. The molecular weight excluding hydrogens is 366 g/mol. The van der Waals surface area contributed by atoms with Crippen molar-refractivity contribution in [1.82, 2.24) is 4.90 Å². The summed E-state index contributed by atoms with van der Waals surface area (Å²) < 4.78 is 37.0. The Morgan fingerprint density at radius 1 is 1.07 bits per heavy atom. The van der Waals surface area contributed by atoms with Gasteiger partial charge in [0.25, 0.3) is 5.44 Å². The number of carbonyl (C=O) groups excluding carboxylic acids is 1. The second-order valence-corrected chi connectivity index (χ2v) is 8.25. The van der Waals surface area contributed by atoms with Gasteiger partial charge in [-0.25, -0.2) is 8.42 Å². The van der Waals surface area contributed by atoms with Gasteiger partial charge in [-0.05, 0) is 56.4 Å². The molecule has 1 aliphatic rings. The molecule has 3 rings (SSSR count). The number of ketones is 1. The molecule has 0 radical (unpaired) electrons. The van der Waals surface area contributed by atoms with Gasteiger partial charge in [-0.1, -0.05) is 26.0 Å². The second kappa shape index (κ2) is 7.70. The van der Waals surface area contributed by atoms with Crippen molar-refractivity contribution in [2.45, 2.75) is 37.3 Å². The Balaban J connectivity index is 1.78. The zero-order valence-corrected chi connectivity index (χ0v) is 16.4. The monoisotopic (exact) mass is 389 g/mol. The Kier molecular flexibility index (Phi) is 5.53. The topological polar surface area (TPSA) is 72.9 Å². The zero-order valence-electron chi connectivity index (χ0n) is 15.6. The first kappa shape index (κ1) is 19.4. The molecule has 0 saturated carbocycles. The van der Waals surface area contributed by atoms with Gasteiger partial charge in [0.1, 0.15) is 17.7 Å². The molecule has 0 spiro atoms. The number of rotatable bonds is 7. The number of nitrogens with zero attached hydrogens (tertiary/aromatic N) is 1. The van der Waals surface area contributed by atoms with Crippen LogP contribution in [0, 0.1) is 0 Å². The van der Waals surface area contributed by atoms with Gasteiger partial charge < -0.3 is 9.47 Å². The summed E-state index contributed by atoms with van der Waals surface area (Å²) >= 11 is 0. The van der Waals surface area contributed by atoms with E-state index in [2.05, 4.69) is 18.7 Å². The fourth-order valence-electron chi connectivity index (χ4n) is 3.11. The van der Waals surface area contributed by atoms with Gasteiger partial charge in [0.15, 0.2) is 0 Å². The molecule has 0 aliphatic carbocycles. The first-order valence-electron chi connectivity index (χ1n) is 8.93. The van der Waals surface area contributed by atoms with Gasteiger partial charge in [0, 0.05) is 0 Å². The Labute approximate surface area is 159 Å². The summed E-state index contributed by atoms with van der Waals surface area (Å²) in [7, 11) is -3.96. The molecule has 7 heteroatoms. The third-order valence-corrected chi connectivity index (χ3v) is 6.47. The van der Waals surface area contributed by atoms with E-state index in [1.165, 1.54) is 12.1 Å². The minimum absolute atomic E-state index is 0.0245. The standard InChI is InChI=1S/C20H23NO5S/c1-4-21(5-2)14(3)25-15-10-12-16(13-11-15)27(23,24)20-19(22)17-8-6-7-9-18(17)26-20/h6-14,20H,4-5H2,1-3H3. The molecule has 0 fully saturated rings. The zero-order chi connectivity index (χ0) is 19.6. The number of carbonyl (C=O) groups is 1. The summed E-state index contributed by atoms with van der Waals surface area (Å²) in [6.07, 6.45) is -0.128. The van der Waals surface area contributed by atoms with Crippen LogP contribution in [0.5, 0.6) is 11.5 Å². The van der Waals surface area contributed by atoms with Crippen LogP contribution in [-0.2, 0) is 9.84 Å². The van der Waals surface area contributed by atoms with E-state index in [0.717, 1.165) is 13.1 Å². The molecule has 2 unspecified atom stereocenters. The highest BCUT2D eigenvalue weighted by Gasteiger charge is 2.42. The molecule has 0 N–H and O–H groups in total. The van der Waals surface area contributed by atoms with Crippen molar-refractivity contribution in [3.05, 3.63) is 54.1 Å². The summed E-state index contributed by atoms with van der Waals surface area (Å²) in [6.45, 7) is 7.75. The highest BCUT2D eigenvalue weighted by molar-refractivity contribution is 7.92. The maximum Gasteiger partial charge on any atom is 0.265 e. The molecule has 1 aliphatic heterocycles. The summed E-state index contributed by atoms with van der Waals surface area (Å²) in [5, 5.41) is 0. The Morgan fingerprint density at radius 3 is 2.30 bits per heavy atom. The molecule has 27 heavy (non-hydrogen) atoms. The number of para-hydroxylation sites is 1. The van der Waals surface area contributed by atoms with Crippen molar-refractivity contribution in [2.75, 3.05) is 13.1 Å². The third kappa shape index (κ3) is 3.70. The number of ether oxygens (including phenoxy) is 2. The van der Waals surface area contributed by atoms with E-state index in [1.807, 2.05) is 6.92 Å². The summed E-state index contributed by atoms with van der Waals surface area (Å²) in [4.78, 5) is 14.6. The highest BCUT2D eigenvalue weighted by Crippen LogP contribution is 2.33. The lowest BCUT2D eigenvalue weighted by Crippen LogP contribution is -2.36. The van der Waals surface area contributed by atoms with Crippen molar-refractivity contribution < 1.29 is 22.7 Å². The molecule has 1 heterocycles. The van der Waals surface area contributed by atoms with E-state index in [4.69, 9.17) is 9.47 Å². The van der Waals surface area contributed by atoms with Gasteiger partial charge in [-0.2, -0.15) is 0 Å². The number of hydrogen-bond donors (Lipinski definition) is 0. The molecule has 0 amide bonds. The summed E-state index contributed by atoms with van der Waals surface area (Å²) in [5.74, 6) is 0.320. The normalized spacial score (nSPS) is 17.5. The van der Waals surface area contributed by atoms with Crippen molar-refractivity contribution in [3.63, 3.8) is 0 Å². The van der Waals surface area contributed by atoms with Crippen molar-refractivity contribution in [1.29, 1.82) is 0 Å². The molecular formula is C20H23NO5S. The van der Waals surface area contributed by atoms with Gasteiger partial charge in [-0.15, -0.1) is 0 Å². The average molecular weight is 389 g/mol. The van der Waals surface area contributed by atoms with E-state index in [9.17, 15) is 13.2 Å². The predicted molar refractivity (Wildman–Crippen MR) is 102 cm³/mol. The Bertz CT molecular complexity index is 920. The lowest BCUT2D eigenvalue weighted by atomic mass is 10.1. The van der Waals surface area contributed by atoms with Crippen LogP contribution in [0.2, 0.25) is 0 Å². The molecule has 0 bridgehead atoms. The van der Waals surface area contributed by atoms with E-state index in [0.29, 0.717) is 17.1 Å². The molecule has 6 nitrogen and oxygen atoms in total. The van der Waals surface area contributed by atoms with E-state index in [1.54, 1.807) is 36.4 Å². The number of benzene rings is 2. The van der Waals surface area contributed by atoms with Gasteiger partial charge >= 0.3 is 0 Å². The largest absolute Gasteiger partial charge is 0.475 e.